The minimum atomic E-state index is 0.477. The average Bonchev–Trinajstić information content (AvgIpc) is 2.47. The van der Waals surface area contributed by atoms with Crippen LogP contribution in [-0.2, 0) is 0 Å². The van der Waals surface area contributed by atoms with Gasteiger partial charge in [-0.15, -0.1) is 0 Å². The monoisotopic (exact) mass is 402 g/mol. The molecule has 2 nitrogen and oxygen atoms in total. The van der Waals surface area contributed by atoms with E-state index in [1.54, 1.807) is 0 Å². The van der Waals surface area contributed by atoms with Crippen molar-refractivity contribution < 1.29 is 9.47 Å². The maximum absolute atomic E-state index is 5.55. The molecular weight excluding hydrogens is 382 g/mol. The number of hydrogen-bond acceptors (Lipinski definition) is 2. The fourth-order valence-electron chi connectivity index (χ4n) is 1.66. The van der Waals surface area contributed by atoms with Gasteiger partial charge in [-0.3, -0.25) is 0 Å². The Morgan fingerprint density at radius 1 is 0.750 bits per heavy atom. The Morgan fingerprint density at radius 2 is 1.20 bits per heavy atom. The molecule has 0 radical (unpaired) electrons. The van der Waals surface area contributed by atoms with E-state index < -0.39 is 0 Å². The first-order chi connectivity index (χ1) is 9.81. The van der Waals surface area contributed by atoms with Crippen molar-refractivity contribution in [1.82, 2.24) is 0 Å². The summed E-state index contributed by atoms with van der Waals surface area (Å²) >= 11 is 0.954. The van der Waals surface area contributed by atoms with Crippen LogP contribution < -0.4 is 18.4 Å². The Labute approximate surface area is 131 Å². The summed E-state index contributed by atoms with van der Waals surface area (Å²) in [7, 11) is 0. The van der Waals surface area contributed by atoms with Crippen LogP contribution in [0.3, 0.4) is 0 Å². The van der Waals surface area contributed by atoms with Gasteiger partial charge in [0.05, 0.1) is 0 Å². The van der Waals surface area contributed by atoms with Gasteiger partial charge in [0.15, 0.2) is 0 Å². The first kappa shape index (κ1) is 15.5. The Balaban J connectivity index is 1.97. The second-order valence-corrected chi connectivity index (χ2v) is 10.3. The number of hydrogen-bond donors (Lipinski definition) is 0. The summed E-state index contributed by atoms with van der Waals surface area (Å²) in [6.07, 6.45) is 0. The summed E-state index contributed by atoms with van der Waals surface area (Å²) < 4.78 is 13.9. The normalized spacial score (nSPS) is 10.3. The summed E-state index contributed by atoms with van der Waals surface area (Å²) in [5.74, 6) is 1.96. The van der Waals surface area contributed by atoms with Gasteiger partial charge in [-0.05, 0) is 0 Å². The minimum absolute atomic E-state index is 0.477. The molecule has 0 amide bonds. The second-order valence-electron chi connectivity index (χ2n) is 3.98. The third-order valence-corrected chi connectivity index (χ3v) is 9.62. The van der Waals surface area contributed by atoms with Crippen LogP contribution in [-0.4, -0.2) is 39.5 Å². The summed E-state index contributed by atoms with van der Waals surface area (Å²) in [4.78, 5) is 0. The van der Waals surface area contributed by atoms with Crippen LogP contribution in [0, 0.1) is 0 Å². The first-order valence-corrected chi connectivity index (χ1v) is 12.7. The topological polar surface area (TPSA) is 18.5 Å². The molecule has 0 N–H and O–H groups in total. The fourth-order valence-corrected chi connectivity index (χ4v) is 7.68. The van der Waals surface area contributed by atoms with Crippen molar-refractivity contribution in [3.05, 3.63) is 48.5 Å². The molecule has 0 fully saturated rings. The molecule has 0 aliphatic rings. The molecule has 0 unspecified atom stereocenters. The molecular formula is C16H18O2Se2. The zero-order chi connectivity index (χ0) is 14.2. The first-order valence-electron chi connectivity index (χ1n) is 6.62. The molecule has 4 heteroatoms. The molecule has 0 aromatic heterocycles. The summed E-state index contributed by atoms with van der Waals surface area (Å²) in [6, 6.07) is 16.9. The van der Waals surface area contributed by atoms with E-state index in [0.717, 1.165) is 24.7 Å². The Morgan fingerprint density at radius 3 is 1.60 bits per heavy atom. The Kier molecular flexibility index (Phi) is 6.48. The van der Waals surface area contributed by atoms with E-state index >= 15 is 0 Å². The quantitative estimate of drug-likeness (QED) is 0.660. The predicted octanol–water partition coefficient (Wildman–Crippen LogP) is 1.76. The Bertz CT molecular complexity index is 494. The van der Waals surface area contributed by atoms with E-state index in [-0.39, 0.29) is 0 Å². The number of benzene rings is 2. The van der Waals surface area contributed by atoms with Gasteiger partial charge in [-0.25, -0.2) is 0 Å². The van der Waals surface area contributed by atoms with Crippen molar-refractivity contribution >= 4 is 35.2 Å². The van der Waals surface area contributed by atoms with Crippen molar-refractivity contribution in [3.63, 3.8) is 0 Å². The van der Waals surface area contributed by atoms with Gasteiger partial charge in [-0.1, -0.05) is 0 Å². The SMILES string of the molecule is CCOc1cccc([Se][Se]c2cccc(OCC)c2)c1. The third kappa shape index (κ3) is 4.88. The molecule has 0 atom stereocenters. The van der Waals surface area contributed by atoms with Crippen molar-refractivity contribution in [2.75, 3.05) is 13.2 Å². The maximum atomic E-state index is 5.55. The van der Waals surface area contributed by atoms with Crippen LogP contribution in [0.1, 0.15) is 13.8 Å². The van der Waals surface area contributed by atoms with E-state index in [9.17, 15) is 0 Å². The number of ether oxygens (including phenoxy) is 2. The van der Waals surface area contributed by atoms with Gasteiger partial charge in [0.25, 0.3) is 0 Å². The van der Waals surface area contributed by atoms with Crippen molar-refractivity contribution in [2.45, 2.75) is 13.8 Å². The van der Waals surface area contributed by atoms with Crippen molar-refractivity contribution in [2.24, 2.45) is 0 Å². The van der Waals surface area contributed by atoms with Crippen molar-refractivity contribution in [3.8, 4) is 11.5 Å². The molecule has 0 bridgehead atoms. The summed E-state index contributed by atoms with van der Waals surface area (Å²) in [5, 5.41) is 0. The molecule has 2 rings (SSSR count). The van der Waals surface area contributed by atoms with E-state index in [0.29, 0.717) is 26.3 Å². The van der Waals surface area contributed by atoms with Gasteiger partial charge in [0.1, 0.15) is 0 Å². The van der Waals surface area contributed by atoms with Gasteiger partial charge in [-0.2, -0.15) is 0 Å². The number of rotatable bonds is 7. The molecule has 20 heavy (non-hydrogen) atoms. The van der Waals surface area contributed by atoms with Crippen LogP contribution in [0.2, 0.25) is 0 Å². The second kappa shape index (κ2) is 8.38. The molecule has 0 aliphatic carbocycles. The molecule has 106 valence electrons. The van der Waals surface area contributed by atoms with Crippen LogP contribution in [0.25, 0.3) is 0 Å². The van der Waals surface area contributed by atoms with Crippen LogP contribution in [0.5, 0.6) is 11.5 Å². The fraction of sp³-hybridized carbons (Fsp3) is 0.250. The predicted molar refractivity (Wildman–Crippen MR) is 86.0 cm³/mol. The van der Waals surface area contributed by atoms with Crippen LogP contribution in [0.15, 0.2) is 48.5 Å². The van der Waals surface area contributed by atoms with E-state index in [1.165, 1.54) is 8.92 Å². The molecule has 2 aromatic rings. The molecule has 2 aromatic carbocycles. The van der Waals surface area contributed by atoms with Gasteiger partial charge < -0.3 is 0 Å². The third-order valence-electron chi connectivity index (χ3n) is 2.47. The Hall–Kier alpha value is -0.921. The molecule has 0 spiro atoms. The van der Waals surface area contributed by atoms with Crippen LogP contribution in [0.4, 0.5) is 0 Å². The molecule has 0 aliphatic heterocycles. The van der Waals surface area contributed by atoms with Gasteiger partial charge in [0.2, 0.25) is 0 Å². The molecule has 0 saturated heterocycles. The van der Waals surface area contributed by atoms with E-state index in [2.05, 4.69) is 36.4 Å². The molecule has 0 saturated carbocycles. The summed E-state index contributed by atoms with van der Waals surface area (Å²) in [5.41, 5.74) is 0. The summed E-state index contributed by atoms with van der Waals surface area (Å²) in [6.45, 7) is 5.47. The van der Waals surface area contributed by atoms with Gasteiger partial charge >= 0.3 is 132 Å². The zero-order valence-electron chi connectivity index (χ0n) is 11.7. The standard InChI is InChI=1S/C16H18O2Se2/c1-3-17-13-7-5-9-15(11-13)19-20-16-10-6-8-14(12-16)18-4-2/h5-12H,3-4H2,1-2H3. The van der Waals surface area contributed by atoms with Crippen molar-refractivity contribution in [1.29, 1.82) is 0 Å². The van der Waals surface area contributed by atoms with Crippen LogP contribution >= 0.6 is 0 Å². The zero-order valence-corrected chi connectivity index (χ0v) is 15.1. The van der Waals surface area contributed by atoms with E-state index in [4.69, 9.17) is 9.47 Å². The molecule has 0 heterocycles. The average molecular weight is 400 g/mol. The van der Waals surface area contributed by atoms with Gasteiger partial charge in [0, 0.05) is 0 Å². The van der Waals surface area contributed by atoms with E-state index in [1.807, 2.05) is 26.0 Å².